The van der Waals surface area contributed by atoms with Crippen molar-refractivity contribution in [3.05, 3.63) is 35.4 Å². The van der Waals surface area contributed by atoms with Crippen LogP contribution in [0.5, 0.6) is 0 Å². The molecule has 0 saturated carbocycles. The van der Waals surface area contributed by atoms with E-state index in [0.29, 0.717) is 11.4 Å². The van der Waals surface area contributed by atoms with Gasteiger partial charge in [-0.05, 0) is 24.3 Å². The minimum Gasteiger partial charge on any atom is -0.366 e. The van der Waals surface area contributed by atoms with Gasteiger partial charge in [-0.15, -0.1) is 11.6 Å². The van der Waals surface area contributed by atoms with Gasteiger partial charge in [-0.1, -0.05) is 11.8 Å². The van der Waals surface area contributed by atoms with Gasteiger partial charge in [0.05, 0.1) is 6.54 Å². The number of amides is 2. The monoisotopic (exact) mass is 264 g/mol. The van der Waals surface area contributed by atoms with Crippen molar-refractivity contribution in [2.45, 2.75) is 6.42 Å². The van der Waals surface area contributed by atoms with E-state index in [0.717, 1.165) is 5.56 Å². The molecule has 0 heterocycles. The lowest BCUT2D eigenvalue weighted by Gasteiger charge is -1.97. The molecule has 3 N–H and O–H groups in total. The SMILES string of the molecule is NC(=O)c1ccc(C#CCNC(=O)CCCl)cc1. The van der Waals surface area contributed by atoms with Crippen LogP contribution in [0.4, 0.5) is 0 Å². The van der Waals surface area contributed by atoms with E-state index in [2.05, 4.69) is 17.2 Å². The highest BCUT2D eigenvalue weighted by molar-refractivity contribution is 6.18. The molecule has 5 heteroatoms. The summed E-state index contributed by atoms with van der Waals surface area (Å²) in [6.45, 7) is 0.271. The molecule has 2 amide bonds. The zero-order valence-electron chi connectivity index (χ0n) is 9.70. The Labute approximate surface area is 111 Å². The summed E-state index contributed by atoms with van der Waals surface area (Å²) in [7, 11) is 0. The first-order chi connectivity index (χ1) is 8.63. The molecule has 4 nitrogen and oxygen atoms in total. The minimum absolute atomic E-state index is 0.122. The second-order valence-electron chi connectivity index (χ2n) is 3.46. The highest BCUT2D eigenvalue weighted by Gasteiger charge is 1.98. The zero-order valence-corrected chi connectivity index (χ0v) is 10.5. The van der Waals surface area contributed by atoms with Crippen LogP contribution < -0.4 is 11.1 Å². The second kappa shape index (κ2) is 7.36. The van der Waals surface area contributed by atoms with Crippen LogP contribution in [0.1, 0.15) is 22.3 Å². The first-order valence-corrected chi connectivity index (χ1v) is 5.88. The Morgan fingerprint density at radius 3 is 2.50 bits per heavy atom. The quantitative estimate of drug-likeness (QED) is 0.626. The molecule has 94 valence electrons. The molecular formula is C13H13ClN2O2. The Bertz CT molecular complexity index is 486. The molecule has 18 heavy (non-hydrogen) atoms. The molecule has 0 aromatic heterocycles. The number of benzene rings is 1. The van der Waals surface area contributed by atoms with Crippen molar-refractivity contribution in [2.24, 2.45) is 5.73 Å². The Kier molecular flexibility index (Phi) is 5.75. The van der Waals surface area contributed by atoms with Gasteiger partial charge in [0, 0.05) is 23.4 Å². The van der Waals surface area contributed by atoms with Crippen LogP contribution in [-0.4, -0.2) is 24.2 Å². The molecule has 0 atom stereocenters. The van der Waals surface area contributed by atoms with Gasteiger partial charge < -0.3 is 11.1 Å². The Hall–Kier alpha value is -1.99. The van der Waals surface area contributed by atoms with E-state index in [9.17, 15) is 9.59 Å². The van der Waals surface area contributed by atoms with Gasteiger partial charge in [0.2, 0.25) is 11.8 Å². The summed E-state index contributed by atoms with van der Waals surface area (Å²) in [4.78, 5) is 21.9. The van der Waals surface area contributed by atoms with E-state index >= 15 is 0 Å². The number of halogens is 1. The summed E-state index contributed by atoms with van der Waals surface area (Å²) in [6.07, 6.45) is 0.288. The van der Waals surface area contributed by atoms with Crippen molar-refractivity contribution in [2.75, 3.05) is 12.4 Å². The highest BCUT2D eigenvalue weighted by Crippen LogP contribution is 2.01. The van der Waals surface area contributed by atoms with Crippen LogP contribution in [-0.2, 0) is 4.79 Å². The third-order valence-electron chi connectivity index (χ3n) is 2.10. The van der Waals surface area contributed by atoms with Gasteiger partial charge in [0.1, 0.15) is 0 Å². The molecule has 0 aliphatic carbocycles. The molecule has 0 saturated heterocycles. The topological polar surface area (TPSA) is 72.2 Å². The number of hydrogen-bond donors (Lipinski definition) is 2. The fourth-order valence-electron chi connectivity index (χ4n) is 1.18. The maximum absolute atomic E-state index is 11.1. The molecule has 0 aliphatic heterocycles. The number of carbonyl (C=O) groups excluding carboxylic acids is 2. The normalized spacial score (nSPS) is 9.17. The molecule has 0 aliphatic rings. The van der Waals surface area contributed by atoms with Crippen molar-refractivity contribution < 1.29 is 9.59 Å². The van der Waals surface area contributed by atoms with E-state index < -0.39 is 5.91 Å². The lowest BCUT2D eigenvalue weighted by Crippen LogP contribution is -2.23. The van der Waals surface area contributed by atoms with Gasteiger partial charge in [0.25, 0.3) is 0 Å². The molecule has 1 rings (SSSR count). The minimum atomic E-state index is -0.470. The van der Waals surface area contributed by atoms with Crippen LogP contribution in [0, 0.1) is 11.8 Å². The first kappa shape index (κ1) is 14.1. The fourth-order valence-corrected chi connectivity index (χ4v) is 1.35. The number of rotatable bonds is 4. The molecular weight excluding hydrogens is 252 g/mol. The Balaban J connectivity index is 2.48. The number of carbonyl (C=O) groups is 2. The summed E-state index contributed by atoms with van der Waals surface area (Å²) >= 11 is 5.41. The number of nitrogens with one attached hydrogen (secondary N) is 1. The zero-order chi connectivity index (χ0) is 13.4. The fraction of sp³-hybridized carbons (Fsp3) is 0.231. The summed E-state index contributed by atoms with van der Waals surface area (Å²) < 4.78 is 0. The lowest BCUT2D eigenvalue weighted by atomic mass is 10.1. The van der Waals surface area contributed by atoms with Crippen LogP contribution in [0.2, 0.25) is 0 Å². The molecule has 0 bridgehead atoms. The van der Waals surface area contributed by atoms with E-state index in [4.69, 9.17) is 17.3 Å². The maximum atomic E-state index is 11.1. The third-order valence-corrected chi connectivity index (χ3v) is 2.29. The molecule has 1 aromatic carbocycles. The third kappa shape index (κ3) is 4.89. The predicted molar refractivity (Wildman–Crippen MR) is 70.2 cm³/mol. The number of alkyl halides is 1. The molecule has 0 fully saturated rings. The van der Waals surface area contributed by atoms with Gasteiger partial charge in [-0.2, -0.15) is 0 Å². The number of primary amides is 1. The summed E-state index contributed by atoms with van der Waals surface area (Å²) in [6, 6.07) is 6.62. The van der Waals surface area contributed by atoms with Crippen LogP contribution in [0.25, 0.3) is 0 Å². The van der Waals surface area contributed by atoms with E-state index in [-0.39, 0.29) is 18.9 Å². The smallest absolute Gasteiger partial charge is 0.248 e. The lowest BCUT2D eigenvalue weighted by molar-refractivity contribution is -0.120. The average Bonchev–Trinajstić information content (AvgIpc) is 2.35. The molecule has 0 radical (unpaired) electrons. The van der Waals surface area contributed by atoms with E-state index in [1.165, 1.54) is 0 Å². The summed E-state index contributed by atoms with van der Waals surface area (Å²) in [5, 5.41) is 2.61. The van der Waals surface area contributed by atoms with Crippen LogP contribution >= 0.6 is 11.6 Å². The molecule has 0 unspecified atom stereocenters. The summed E-state index contributed by atoms with van der Waals surface area (Å²) in [5.41, 5.74) is 6.31. The molecule has 1 aromatic rings. The number of hydrogen-bond acceptors (Lipinski definition) is 2. The van der Waals surface area contributed by atoms with Crippen LogP contribution in [0.15, 0.2) is 24.3 Å². The Morgan fingerprint density at radius 2 is 1.94 bits per heavy atom. The first-order valence-electron chi connectivity index (χ1n) is 5.35. The van der Waals surface area contributed by atoms with Crippen molar-refractivity contribution in [1.82, 2.24) is 5.32 Å². The van der Waals surface area contributed by atoms with Gasteiger partial charge in [-0.3, -0.25) is 9.59 Å². The van der Waals surface area contributed by atoms with E-state index in [1.54, 1.807) is 24.3 Å². The van der Waals surface area contributed by atoms with Crippen molar-refractivity contribution in [3.63, 3.8) is 0 Å². The van der Waals surface area contributed by atoms with Crippen molar-refractivity contribution >= 4 is 23.4 Å². The van der Waals surface area contributed by atoms with Crippen molar-refractivity contribution in [3.8, 4) is 11.8 Å². The largest absolute Gasteiger partial charge is 0.366 e. The van der Waals surface area contributed by atoms with Gasteiger partial charge in [0.15, 0.2) is 0 Å². The average molecular weight is 265 g/mol. The second-order valence-corrected chi connectivity index (χ2v) is 3.84. The van der Waals surface area contributed by atoms with E-state index in [1.807, 2.05) is 0 Å². The maximum Gasteiger partial charge on any atom is 0.248 e. The standard InChI is InChI=1S/C13H13ClN2O2/c14-8-7-12(17)16-9-1-2-10-3-5-11(6-4-10)13(15)18/h3-6H,7-9H2,(H2,15,18)(H,16,17). The van der Waals surface area contributed by atoms with Gasteiger partial charge in [-0.25, -0.2) is 0 Å². The summed E-state index contributed by atoms with van der Waals surface area (Å²) in [5.74, 6) is 5.36. The van der Waals surface area contributed by atoms with Crippen LogP contribution in [0.3, 0.4) is 0 Å². The van der Waals surface area contributed by atoms with Crippen molar-refractivity contribution in [1.29, 1.82) is 0 Å². The van der Waals surface area contributed by atoms with Gasteiger partial charge >= 0.3 is 0 Å². The number of nitrogens with two attached hydrogens (primary N) is 1. The molecule has 0 spiro atoms. The highest BCUT2D eigenvalue weighted by atomic mass is 35.5. The predicted octanol–water partition coefficient (Wildman–Crippen LogP) is 0.882. The Morgan fingerprint density at radius 1 is 1.28 bits per heavy atom.